The molecule has 0 aliphatic heterocycles. The van der Waals surface area contributed by atoms with Gasteiger partial charge in [0.05, 0.1) is 6.54 Å². The van der Waals surface area contributed by atoms with E-state index >= 15 is 0 Å². The molecule has 2 aromatic carbocycles. The number of halogens is 2. The zero-order chi connectivity index (χ0) is 18.9. The fourth-order valence-corrected chi connectivity index (χ4v) is 2.80. The normalized spacial score (nSPS) is 11.0. The molecular weight excluding hydrogens is 468 g/mol. The number of nitrogens with zero attached hydrogens (tertiary/aromatic N) is 3. The topological polar surface area (TPSA) is 54.2 Å². The van der Waals surface area contributed by atoms with Gasteiger partial charge in [-0.05, 0) is 41.3 Å². The van der Waals surface area contributed by atoms with Crippen molar-refractivity contribution in [1.29, 1.82) is 0 Å². The minimum Gasteiger partial charge on any atom is -0.356 e. The fourth-order valence-electron chi connectivity index (χ4n) is 2.80. The van der Waals surface area contributed by atoms with Crippen LogP contribution in [0.1, 0.15) is 16.7 Å². The summed E-state index contributed by atoms with van der Waals surface area (Å²) in [4.78, 5) is 4.25. The second-order valence-electron chi connectivity index (χ2n) is 6.25. The summed E-state index contributed by atoms with van der Waals surface area (Å²) in [5.41, 5.74) is 3.48. The predicted octanol–water partition coefficient (Wildman–Crippen LogP) is 3.60. The maximum absolute atomic E-state index is 12.9. The molecule has 2 N–H and O–H groups in total. The molecule has 0 radical (unpaired) electrons. The maximum atomic E-state index is 12.9. The molecule has 0 atom stereocenters. The van der Waals surface area contributed by atoms with Crippen molar-refractivity contribution in [1.82, 2.24) is 20.4 Å². The number of nitrogens with one attached hydrogen (secondary N) is 2. The molecule has 0 fully saturated rings. The minimum atomic E-state index is -0.209. The van der Waals surface area contributed by atoms with Gasteiger partial charge in [-0.2, -0.15) is 5.10 Å². The molecule has 148 valence electrons. The number of aromatic nitrogens is 2. The van der Waals surface area contributed by atoms with Gasteiger partial charge in [-0.3, -0.25) is 9.67 Å². The highest BCUT2D eigenvalue weighted by atomic mass is 127. The maximum Gasteiger partial charge on any atom is 0.191 e. The van der Waals surface area contributed by atoms with E-state index in [1.165, 1.54) is 23.3 Å². The van der Waals surface area contributed by atoms with Crippen LogP contribution in [0, 0.1) is 5.82 Å². The number of hydrogen-bond acceptors (Lipinski definition) is 2. The molecule has 0 aliphatic carbocycles. The first kappa shape index (κ1) is 21.9. The summed E-state index contributed by atoms with van der Waals surface area (Å²) >= 11 is 0. The Labute approximate surface area is 182 Å². The first-order valence-electron chi connectivity index (χ1n) is 8.97. The third-order valence-electron chi connectivity index (χ3n) is 4.20. The van der Waals surface area contributed by atoms with Gasteiger partial charge in [0.1, 0.15) is 5.82 Å². The van der Waals surface area contributed by atoms with E-state index in [0.717, 1.165) is 31.0 Å². The monoisotopic (exact) mass is 493 g/mol. The molecule has 0 bridgehead atoms. The van der Waals surface area contributed by atoms with Crippen LogP contribution in [-0.2, 0) is 19.5 Å². The SMILES string of the molecule is CN=C(NCCc1ccc(F)cc1)NCc1cccc(Cn2cccn2)c1.I. The number of benzene rings is 2. The lowest BCUT2D eigenvalue weighted by atomic mass is 10.1. The first-order valence-corrected chi connectivity index (χ1v) is 8.97. The van der Waals surface area contributed by atoms with Crippen molar-refractivity contribution in [3.8, 4) is 0 Å². The summed E-state index contributed by atoms with van der Waals surface area (Å²) in [7, 11) is 1.75. The van der Waals surface area contributed by atoms with Gasteiger partial charge in [-0.1, -0.05) is 36.4 Å². The lowest BCUT2D eigenvalue weighted by Crippen LogP contribution is -2.37. The number of aliphatic imine (C=N–C) groups is 1. The molecule has 7 heteroatoms. The standard InChI is InChI=1S/C21H24FN5.HI/c1-23-21(24-12-10-17-6-8-20(22)9-7-17)25-15-18-4-2-5-19(14-18)16-27-13-3-11-26-27;/h2-9,11,13-14H,10,12,15-16H2,1H3,(H2,23,24,25);1H. The van der Waals surface area contributed by atoms with E-state index in [-0.39, 0.29) is 29.8 Å². The summed E-state index contributed by atoms with van der Waals surface area (Å²) in [6.07, 6.45) is 4.55. The average Bonchev–Trinajstić information content (AvgIpc) is 3.19. The van der Waals surface area contributed by atoms with Gasteiger partial charge in [0.25, 0.3) is 0 Å². The van der Waals surface area contributed by atoms with E-state index < -0.39 is 0 Å². The molecular formula is C21H25FIN5. The Balaban J connectivity index is 0.00000280. The second kappa shape index (κ2) is 11.4. The molecule has 1 heterocycles. The zero-order valence-electron chi connectivity index (χ0n) is 15.8. The lowest BCUT2D eigenvalue weighted by molar-refractivity contribution is 0.626. The summed E-state index contributed by atoms with van der Waals surface area (Å²) in [6, 6.07) is 16.9. The Morgan fingerprint density at radius 1 is 1.04 bits per heavy atom. The second-order valence-corrected chi connectivity index (χ2v) is 6.25. The molecule has 0 spiro atoms. The van der Waals surface area contributed by atoms with Crippen molar-refractivity contribution in [2.24, 2.45) is 4.99 Å². The molecule has 0 saturated heterocycles. The molecule has 0 saturated carbocycles. The smallest absolute Gasteiger partial charge is 0.191 e. The molecule has 3 aromatic rings. The van der Waals surface area contributed by atoms with Crippen molar-refractivity contribution >= 4 is 29.9 Å². The van der Waals surface area contributed by atoms with Crippen LogP contribution in [0.2, 0.25) is 0 Å². The van der Waals surface area contributed by atoms with Gasteiger partial charge in [-0.25, -0.2) is 4.39 Å². The van der Waals surface area contributed by atoms with E-state index in [4.69, 9.17) is 0 Å². The fraction of sp³-hybridized carbons (Fsp3) is 0.238. The summed E-state index contributed by atoms with van der Waals surface area (Å²) < 4.78 is 14.8. The molecule has 28 heavy (non-hydrogen) atoms. The van der Waals surface area contributed by atoms with Crippen molar-refractivity contribution in [3.63, 3.8) is 0 Å². The van der Waals surface area contributed by atoms with Gasteiger partial charge in [0.2, 0.25) is 0 Å². The Hall–Kier alpha value is -2.42. The van der Waals surface area contributed by atoms with Crippen LogP contribution >= 0.6 is 24.0 Å². The number of rotatable bonds is 7. The molecule has 0 aliphatic rings. The van der Waals surface area contributed by atoms with Crippen LogP contribution in [0.5, 0.6) is 0 Å². The van der Waals surface area contributed by atoms with E-state index in [2.05, 4.69) is 45.0 Å². The van der Waals surface area contributed by atoms with Crippen LogP contribution < -0.4 is 10.6 Å². The van der Waals surface area contributed by atoms with Crippen LogP contribution in [-0.4, -0.2) is 29.3 Å². The van der Waals surface area contributed by atoms with E-state index in [1.807, 2.05) is 16.9 Å². The summed E-state index contributed by atoms with van der Waals surface area (Å²) in [5.74, 6) is 0.536. The number of hydrogen-bond donors (Lipinski definition) is 2. The molecule has 3 rings (SSSR count). The summed E-state index contributed by atoms with van der Waals surface area (Å²) in [5, 5.41) is 10.9. The Morgan fingerprint density at radius 2 is 1.82 bits per heavy atom. The van der Waals surface area contributed by atoms with Crippen molar-refractivity contribution < 1.29 is 4.39 Å². The predicted molar refractivity (Wildman–Crippen MR) is 121 cm³/mol. The molecule has 1 aromatic heterocycles. The molecule has 0 unspecified atom stereocenters. The third-order valence-corrected chi connectivity index (χ3v) is 4.20. The number of guanidine groups is 1. The van der Waals surface area contributed by atoms with E-state index in [1.54, 1.807) is 25.4 Å². The quantitative estimate of drug-likeness (QED) is 0.301. The highest BCUT2D eigenvalue weighted by Gasteiger charge is 2.01. The van der Waals surface area contributed by atoms with E-state index in [9.17, 15) is 4.39 Å². The van der Waals surface area contributed by atoms with Gasteiger partial charge in [0, 0.05) is 32.5 Å². The van der Waals surface area contributed by atoms with Gasteiger partial charge >= 0.3 is 0 Å². The van der Waals surface area contributed by atoms with Crippen molar-refractivity contribution in [2.75, 3.05) is 13.6 Å². The van der Waals surface area contributed by atoms with Crippen LogP contribution in [0.4, 0.5) is 4.39 Å². The van der Waals surface area contributed by atoms with Crippen LogP contribution in [0.25, 0.3) is 0 Å². The third kappa shape index (κ3) is 6.95. The highest BCUT2D eigenvalue weighted by Crippen LogP contribution is 2.07. The Bertz CT molecular complexity index is 863. The zero-order valence-corrected chi connectivity index (χ0v) is 18.1. The molecule has 0 amide bonds. The first-order chi connectivity index (χ1) is 13.2. The van der Waals surface area contributed by atoms with Gasteiger partial charge < -0.3 is 10.6 Å². The van der Waals surface area contributed by atoms with Crippen molar-refractivity contribution in [3.05, 3.63) is 89.5 Å². The summed E-state index contributed by atoms with van der Waals surface area (Å²) in [6.45, 7) is 2.17. The average molecular weight is 493 g/mol. The van der Waals surface area contributed by atoms with Crippen LogP contribution in [0.3, 0.4) is 0 Å². The Morgan fingerprint density at radius 3 is 2.54 bits per heavy atom. The van der Waals surface area contributed by atoms with E-state index in [0.29, 0.717) is 6.54 Å². The lowest BCUT2D eigenvalue weighted by Gasteiger charge is -2.13. The molecule has 5 nitrogen and oxygen atoms in total. The largest absolute Gasteiger partial charge is 0.356 e. The van der Waals surface area contributed by atoms with Gasteiger partial charge in [-0.15, -0.1) is 24.0 Å². The minimum absolute atomic E-state index is 0. The Kier molecular flexibility index (Phi) is 8.93. The van der Waals surface area contributed by atoms with Crippen molar-refractivity contribution in [2.45, 2.75) is 19.5 Å². The highest BCUT2D eigenvalue weighted by molar-refractivity contribution is 14.0. The van der Waals surface area contributed by atoms with Crippen LogP contribution in [0.15, 0.2) is 72.0 Å². The van der Waals surface area contributed by atoms with Gasteiger partial charge in [0.15, 0.2) is 5.96 Å².